The van der Waals surface area contributed by atoms with Gasteiger partial charge in [0.05, 0.1) is 12.2 Å². The topological polar surface area (TPSA) is 90.1 Å². The zero-order valence-corrected chi connectivity index (χ0v) is 14.4. The molecule has 7 nitrogen and oxygen atoms in total. The van der Waals surface area contributed by atoms with Crippen molar-refractivity contribution in [2.75, 3.05) is 19.6 Å². The fourth-order valence-corrected chi connectivity index (χ4v) is 3.41. The maximum Gasteiger partial charge on any atom is 0.269 e. The standard InChI is InChI=1S/C17H19N5O2.ClH/c23-16(22-10-12-6-13(22)8-18-12)9-19-17(24)15-7-14(20-21-15)11-4-2-1-3-5-11;/h1-5,7,12-13,18H,6,8-10H2,(H,19,24)(H,20,21);1H. The lowest BCUT2D eigenvalue weighted by molar-refractivity contribution is -0.131. The second-order valence-corrected chi connectivity index (χ2v) is 6.26. The van der Waals surface area contributed by atoms with Gasteiger partial charge in [-0.1, -0.05) is 30.3 Å². The summed E-state index contributed by atoms with van der Waals surface area (Å²) in [6, 6.07) is 12.0. The van der Waals surface area contributed by atoms with Crippen molar-refractivity contribution in [1.29, 1.82) is 0 Å². The number of nitrogens with zero attached hydrogens (tertiary/aromatic N) is 2. The molecule has 4 rings (SSSR count). The van der Waals surface area contributed by atoms with E-state index in [1.807, 2.05) is 35.2 Å². The molecule has 2 amide bonds. The first-order valence-electron chi connectivity index (χ1n) is 8.12. The molecule has 132 valence electrons. The van der Waals surface area contributed by atoms with E-state index in [0.29, 0.717) is 17.4 Å². The molecule has 8 heteroatoms. The predicted octanol–water partition coefficient (Wildman–Crippen LogP) is 0.801. The third kappa shape index (κ3) is 3.52. The van der Waals surface area contributed by atoms with Crippen molar-refractivity contribution in [3.05, 3.63) is 42.1 Å². The number of nitrogens with one attached hydrogen (secondary N) is 3. The van der Waals surface area contributed by atoms with Gasteiger partial charge in [-0.2, -0.15) is 5.10 Å². The molecular weight excluding hydrogens is 342 g/mol. The molecule has 1 aromatic heterocycles. The molecule has 2 atom stereocenters. The quantitative estimate of drug-likeness (QED) is 0.751. The summed E-state index contributed by atoms with van der Waals surface area (Å²) in [5, 5.41) is 12.9. The van der Waals surface area contributed by atoms with Crippen LogP contribution in [0.15, 0.2) is 36.4 Å². The fraction of sp³-hybridized carbons (Fsp3) is 0.353. The van der Waals surface area contributed by atoms with Crippen LogP contribution in [0.5, 0.6) is 0 Å². The molecule has 2 fully saturated rings. The lowest BCUT2D eigenvalue weighted by Crippen LogP contribution is -2.49. The maximum atomic E-state index is 12.3. The van der Waals surface area contributed by atoms with Crippen molar-refractivity contribution >= 4 is 24.2 Å². The molecule has 0 spiro atoms. The number of hydrogen-bond donors (Lipinski definition) is 3. The van der Waals surface area contributed by atoms with E-state index in [2.05, 4.69) is 20.8 Å². The number of H-pyrrole nitrogens is 1. The summed E-state index contributed by atoms with van der Waals surface area (Å²) < 4.78 is 0. The van der Waals surface area contributed by atoms with Crippen LogP contribution in [0.3, 0.4) is 0 Å². The summed E-state index contributed by atoms with van der Waals surface area (Å²) in [4.78, 5) is 26.3. The number of carbonyl (C=O) groups is 2. The van der Waals surface area contributed by atoms with Gasteiger partial charge in [-0.3, -0.25) is 14.7 Å². The van der Waals surface area contributed by atoms with Crippen molar-refractivity contribution < 1.29 is 9.59 Å². The van der Waals surface area contributed by atoms with Gasteiger partial charge in [0.1, 0.15) is 5.69 Å². The number of aromatic nitrogens is 2. The highest BCUT2D eigenvalue weighted by Gasteiger charge is 2.39. The summed E-state index contributed by atoms with van der Waals surface area (Å²) in [6.07, 6.45) is 1.01. The van der Waals surface area contributed by atoms with Gasteiger partial charge in [-0.25, -0.2) is 0 Å². The Kier molecular flexibility index (Phi) is 5.06. The van der Waals surface area contributed by atoms with E-state index < -0.39 is 0 Å². The molecule has 0 saturated carbocycles. The van der Waals surface area contributed by atoms with Crippen molar-refractivity contribution in [3.8, 4) is 11.3 Å². The summed E-state index contributed by atoms with van der Waals surface area (Å²) >= 11 is 0. The molecule has 2 aliphatic heterocycles. The van der Waals surface area contributed by atoms with Crippen LogP contribution in [-0.4, -0.2) is 58.6 Å². The number of carbonyl (C=O) groups excluding carboxylic acids is 2. The number of hydrogen-bond acceptors (Lipinski definition) is 4. The molecule has 2 aliphatic rings. The molecule has 25 heavy (non-hydrogen) atoms. The minimum atomic E-state index is -0.319. The summed E-state index contributed by atoms with van der Waals surface area (Å²) in [7, 11) is 0. The Morgan fingerprint density at radius 3 is 2.76 bits per heavy atom. The lowest BCUT2D eigenvalue weighted by atomic mass is 10.1. The molecule has 2 aromatic rings. The molecule has 3 heterocycles. The van der Waals surface area contributed by atoms with Crippen molar-refractivity contribution in [2.24, 2.45) is 0 Å². The summed E-state index contributed by atoms with van der Waals surface area (Å²) in [6.45, 7) is 1.61. The van der Waals surface area contributed by atoms with E-state index in [1.54, 1.807) is 6.07 Å². The average molecular weight is 362 g/mol. The zero-order valence-electron chi connectivity index (χ0n) is 13.6. The van der Waals surface area contributed by atoms with Crippen LogP contribution < -0.4 is 10.6 Å². The molecule has 2 unspecified atom stereocenters. The molecule has 0 radical (unpaired) electrons. The molecule has 3 N–H and O–H groups in total. The van der Waals surface area contributed by atoms with Gasteiger partial charge < -0.3 is 15.5 Å². The normalized spacial score (nSPS) is 21.0. The van der Waals surface area contributed by atoms with Gasteiger partial charge in [0, 0.05) is 30.7 Å². The average Bonchev–Trinajstić information content (AvgIpc) is 3.36. The number of likely N-dealkylation sites (tertiary alicyclic amines) is 1. The third-order valence-corrected chi connectivity index (χ3v) is 4.67. The summed E-state index contributed by atoms with van der Waals surface area (Å²) in [5.74, 6) is -0.347. The largest absolute Gasteiger partial charge is 0.342 e. The Hall–Kier alpha value is -2.38. The minimum Gasteiger partial charge on any atom is -0.342 e. The van der Waals surface area contributed by atoms with E-state index in [-0.39, 0.29) is 36.8 Å². The Morgan fingerprint density at radius 2 is 2.08 bits per heavy atom. The number of benzene rings is 1. The maximum absolute atomic E-state index is 12.3. The Labute approximate surface area is 151 Å². The molecular formula is C17H20ClN5O2. The number of rotatable bonds is 4. The molecule has 2 bridgehead atoms. The van der Waals surface area contributed by atoms with Crippen molar-refractivity contribution in [1.82, 2.24) is 25.7 Å². The highest BCUT2D eigenvalue weighted by Crippen LogP contribution is 2.23. The Bertz CT molecular complexity index is 763. The van der Waals surface area contributed by atoms with Crippen LogP contribution >= 0.6 is 12.4 Å². The van der Waals surface area contributed by atoms with Gasteiger partial charge in [0.25, 0.3) is 5.91 Å². The summed E-state index contributed by atoms with van der Waals surface area (Å²) in [5.41, 5.74) is 1.99. The number of amides is 2. The molecule has 1 aromatic carbocycles. The van der Waals surface area contributed by atoms with Gasteiger partial charge in [0.15, 0.2) is 0 Å². The van der Waals surface area contributed by atoms with Crippen molar-refractivity contribution in [2.45, 2.75) is 18.5 Å². The number of aromatic amines is 1. The first-order chi connectivity index (χ1) is 11.7. The third-order valence-electron chi connectivity index (χ3n) is 4.67. The second-order valence-electron chi connectivity index (χ2n) is 6.26. The smallest absolute Gasteiger partial charge is 0.269 e. The Morgan fingerprint density at radius 1 is 1.28 bits per heavy atom. The van der Waals surface area contributed by atoms with Gasteiger partial charge in [-0.15, -0.1) is 12.4 Å². The number of halogens is 1. The van der Waals surface area contributed by atoms with E-state index in [0.717, 1.165) is 25.1 Å². The lowest BCUT2D eigenvalue weighted by Gasteiger charge is -2.27. The van der Waals surface area contributed by atoms with E-state index in [9.17, 15) is 9.59 Å². The highest BCUT2D eigenvalue weighted by atomic mass is 35.5. The predicted molar refractivity (Wildman–Crippen MR) is 95.5 cm³/mol. The SMILES string of the molecule is Cl.O=C(NCC(=O)N1CC2CC1CN2)c1cc(-c2ccccc2)n[nH]1. The highest BCUT2D eigenvalue weighted by molar-refractivity contribution is 5.95. The van der Waals surface area contributed by atoms with E-state index >= 15 is 0 Å². The van der Waals surface area contributed by atoms with Crippen LogP contribution in [-0.2, 0) is 4.79 Å². The zero-order chi connectivity index (χ0) is 16.5. The van der Waals surface area contributed by atoms with Crippen LogP contribution in [0.25, 0.3) is 11.3 Å². The first kappa shape index (κ1) is 17.4. The number of piperazine rings is 1. The van der Waals surface area contributed by atoms with Crippen LogP contribution in [0.1, 0.15) is 16.9 Å². The van der Waals surface area contributed by atoms with Crippen LogP contribution in [0.4, 0.5) is 0 Å². The number of fused-ring (bicyclic) bond motifs is 2. The van der Waals surface area contributed by atoms with E-state index in [4.69, 9.17) is 0 Å². The molecule has 2 saturated heterocycles. The van der Waals surface area contributed by atoms with Crippen molar-refractivity contribution in [3.63, 3.8) is 0 Å². The van der Waals surface area contributed by atoms with E-state index in [1.165, 1.54) is 0 Å². The van der Waals surface area contributed by atoms with Gasteiger partial charge in [0.2, 0.25) is 5.91 Å². The minimum absolute atomic E-state index is 0. The molecule has 0 aliphatic carbocycles. The van der Waals surface area contributed by atoms with Gasteiger partial charge in [-0.05, 0) is 12.5 Å². The first-order valence-corrected chi connectivity index (χ1v) is 8.12. The Balaban J connectivity index is 0.00000182. The van der Waals surface area contributed by atoms with Gasteiger partial charge >= 0.3 is 0 Å². The monoisotopic (exact) mass is 361 g/mol. The van der Waals surface area contributed by atoms with Crippen LogP contribution in [0.2, 0.25) is 0 Å². The van der Waals surface area contributed by atoms with Crippen LogP contribution in [0, 0.1) is 0 Å². The second kappa shape index (κ2) is 7.25. The fourth-order valence-electron chi connectivity index (χ4n) is 3.41.